The molecule has 0 fully saturated rings. The van der Waals surface area contributed by atoms with Crippen LogP contribution < -0.4 is 10.1 Å². The van der Waals surface area contributed by atoms with Gasteiger partial charge in [0.2, 0.25) is 0 Å². The summed E-state index contributed by atoms with van der Waals surface area (Å²) in [6.07, 6.45) is 0. The number of halogens is 4. The average Bonchev–Trinajstić information content (AvgIpc) is 2.63. The Bertz CT molecular complexity index is 917. The van der Waals surface area contributed by atoms with E-state index in [0.29, 0.717) is 34.0 Å². The van der Waals surface area contributed by atoms with Crippen molar-refractivity contribution in [3.05, 3.63) is 91.3 Å². The fourth-order valence-corrected chi connectivity index (χ4v) is 3.23. The van der Waals surface area contributed by atoms with Crippen LogP contribution in [0.15, 0.2) is 65.1 Å². The molecule has 0 saturated carbocycles. The number of benzene rings is 3. The lowest BCUT2D eigenvalue weighted by molar-refractivity contribution is 0.306. The van der Waals surface area contributed by atoms with E-state index in [0.717, 1.165) is 21.3 Å². The van der Waals surface area contributed by atoms with Crippen LogP contribution in [0.3, 0.4) is 0 Å². The van der Waals surface area contributed by atoms with Crippen molar-refractivity contribution < 1.29 is 4.74 Å². The van der Waals surface area contributed by atoms with Gasteiger partial charge in [-0.05, 0) is 57.9 Å². The van der Waals surface area contributed by atoms with Crippen LogP contribution in [0.4, 0.5) is 5.69 Å². The van der Waals surface area contributed by atoms with Crippen LogP contribution in [-0.2, 0) is 13.2 Å². The van der Waals surface area contributed by atoms with Crippen molar-refractivity contribution >= 4 is 56.4 Å². The Labute approximate surface area is 176 Å². The number of rotatable bonds is 6. The van der Waals surface area contributed by atoms with E-state index in [4.69, 9.17) is 39.5 Å². The molecular weight excluding hydrogens is 456 g/mol. The molecule has 0 saturated heterocycles. The van der Waals surface area contributed by atoms with Gasteiger partial charge in [0.25, 0.3) is 0 Å². The van der Waals surface area contributed by atoms with E-state index in [1.54, 1.807) is 0 Å². The second-order valence-electron chi connectivity index (χ2n) is 5.63. The molecule has 2 nitrogen and oxygen atoms in total. The summed E-state index contributed by atoms with van der Waals surface area (Å²) in [7, 11) is 0. The number of ether oxygens (including phenoxy) is 1. The van der Waals surface area contributed by atoms with Gasteiger partial charge in [0.05, 0.1) is 10.0 Å². The zero-order chi connectivity index (χ0) is 18.5. The zero-order valence-electron chi connectivity index (χ0n) is 13.6. The van der Waals surface area contributed by atoms with E-state index in [1.165, 1.54) is 0 Å². The summed E-state index contributed by atoms with van der Waals surface area (Å²) < 4.78 is 6.66. The monoisotopic (exact) mass is 469 g/mol. The third-order valence-electron chi connectivity index (χ3n) is 3.75. The van der Waals surface area contributed by atoms with Gasteiger partial charge in [-0.15, -0.1) is 0 Å². The maximum Gasteiger partial charge on any atom is 0.138 e. The first-order valence-corrected chi connectivity index (χ1v) is 9.79. The summed E-state index contributed by atoms with van der Waals surface area (Å²) in [5.41, 5.74) is 2.90. The van der Waals surface area contributed by atoms with Crippen molar-refractivity contribution in [1.29, 1.82) is 0 Å². The van der Waals surface area contributed by atoms with Crippen molar-refractivity contribution in [2.24, 2.45) is 0 Å². The predicted molar refractivity (Wildman–Crippen MR) is 114 cm³/mol. The molecule has 0 unspecified atom stereocenters. The molecule has 3 rings (SSSR count). The Morgan fingerprint density at radius 3 is 2.38 bits per heavy atom. The van der Waals surface area contributed by atoms with E-state index in [2.05, 4.69) is 21.2 Å². The first-order chi connectivity index (χ1) is 12.5. The molecule has 26 heavy (non-hydrogen) atoms. The maximum atomic E-state index is 6.35. The summed E-state index contributed by atoms with van der Waals surface area (Å²) in [5.74, 6) is 0.627. The van der Waals surface area contributed by atoms with Crippen LogP contribution in [0.25, 0.3) is 0 Å². The molecule has 1 N–H and O–H groups in total. The molecule has 3 aromatic rings. The van der Waals surface area contributed by atoms with Crippen LogP contribution in [-0.4, -0.2) is 0 Å². The van der Waals surface area contributed by atoms with Crippen molar-refractivity contribution in [3.63, 3.8) is 0 Å². The van der Waals surface area contributed by atoms with Gasteiger partial charge in [0.15, 0.2) is 0 Å². The molecular formula is C20H15BrCl3NO. The van der Waals surface area contributed by atoms with E-state index < -0.39 is 0 Å². The molecule has 0 amide bonds. The zero-order valence-corrected chi connectivity index (χ0v) is 17.5. The van der Waals surface area contributed by atoms with Crippen LogP contribution in [0.2, 0.25) is 15.1 Å². The van der Waals surface area contributed by atoms with Crippen LogP contribution >= 0.6 is 50.7 Å². The van der Waals surface area contributed by atoms with Gasteiger partial charge < -0.3 is 10.1 Å². The van der Waals surface area contributed by atoms with Gasteiger partial charge in [-0.3, -0.25) is 0 Å². The van der Waals surface area contributed by atoms with Crippen LogP contribution in [0.5, 0.6) is 5.75 Å². The minimum atomic E-state index is 0.369. The summed E-state index contributed by atoms with van der Waals surface area (Å²) >= 11 is 22.0. The van der Waals surface area contributed by atoms with Gasteiger partial charge in [-0.1, -0.05) is 59.1 Å². The molecule has 3 aromatic carbocycles. The predicted octanol–water partition coefficient (Wildman–Crippen LogP) is 7.60. The van der Waals surface area contributed by atoms with Crippen molar-refractivity contribution in [1.82, 2.24) is 0 Å². The quantitative estimate of drug-likeness (QED) is 0.400. The topological polar surface area (TPSA) is 21.3 Å². The summed E-state index contributed by atoms with van der Waals surface area (Å²) in [6, 6.07) is 19.0. The molecule has 0 aliphatic rings. The van der Waals surface area contributed by atoms with Crippen LogP contribution in [0, 0.1) is 0 Å². The molecule has 0 atom stereocenters. The molecule has 6 heteroatoms. The van der Waals surface area contributed by atoms with Gasteiger partial charge in [-0.2, -0.15) is 0 Å². The Balaban J connectivity index is 1.61. The Hall–Kier alpha value is -1.39. The molecule has 0 aliphatic carbocycles. The molecule has 0 aliphatic heterocycles. The SMILES string of the molecule is Clc1cc(NCc2ccc(OCc3ccccc3Cl)c(Cl)c2)ccc1Br. The van der Waals surface area contributed by atoms with E-state index in [9.17, 15) is 0 Å². The lowest BCUT2D eigenvalue weighted by Crippen LogP contribution is -2.01. The average molecular weight is 472 g/mol. The van der Waals surface area contributed by atoms with Gasteiger partial charge >= 0.3 is 0 Å². The third kappa shape index (κ3) is 5.08. The highest BCUT2D eigenvalue weighted by Crippen LogP contribution is 2.29. The van der Waals surface area contributed by atoms with Crippen molar-refractivity contribution in [3.8, 4) is 5.75 Å². The third-order valence-corrected chi connectivity index (χ3v) is 5.65. The van der Waals surface area contributed by atoms with Gasteiger partial charge in [-0.25, -0.2) is 0 Å². The number of hydrogen-bond donors (Lipinski definition) is 1. The fourth-order valence-electron chi connectivity index (χ4n) is 2.35. The molecule has 0 spiro atoms. The number of hydrogen-bond acceptors (Lipinski definition) is 2. The second-order valence-corrected chi connectivity index (χ2v) is 7.70. The van der Waals surface area contributed by atoms with E-state index in [1.807, 2.05) is 60.7 Å². The lowest BCUT2D eigenvalue weighted by Gasteiger charge is -2.12. The standard InChI is InChI=1S/C20H15BrCl3NO/c21-16-7-6-15(10-18(16)23)25-11-13-5-8-20(19(24)9-13)26-12-14-3-1-2-4-17(14)22/h1-10,25H,11-12H2. The minimum Gasteiger partial charge on any atom is -0.487 e. The first kappa shape index (κ1) is 19.4. The van der Waals surface area contributed by atoms with Crippen LogP contribution in [0.1, 0.15) is 11.1 Å². The smallest absolute Gasteiger partial charge is 0.138 e. The largest absolute Gasteiger partial charge is 0.487 e. The van der Waals surface area contributed by atoms with Crippen molar-refractivity contribution in [2.45, 2.75) is 13.2 Å². The van der Waals surface area contributed by atoms with Gasteiger partial charge in [0.1, 0.15) is 12.4 Å². The Morgan fingerprint density at radius 1 is 0.846 bits per heavy atom. The first-order valence-electron chi connectivity index (χ1n) is 7.86. The highest BCUT2D eigenvalue weighted by Gasteiger charge is 2.06. The van der Waals surface area contributed by atoms with Crippen molar-refractivity contribution in [2.75, 3.05) is 5.32 Å². The van der Waals surface area contributed by atoms with Gasteiger partial charge in [0, 0.05) is 27.3 Å². The summed E-state index contributed by atoms with van der Waals surface area (Å²) in [5, 5.41) is 5.22. The molecule has 0 heterocycles. The molecule has 134 valence electrons. The second kappa shape index (κ2) is 9.01. The Kier molecular flexibility index (Phi) is 6.71. The molecule has 0 aromatic heterocycles. The fraction of sp³-hybridized carbons (Fsp3) is 0.100. The van der Waals surface area contributed by atoms with E-state index in [-0.39, 0.29) is 0 Å². The highest BCUT2D eigenvalue weighted by molar-refractivity contribution is 9.10. The van der Waals surface area contributed by atoms with E-state index >= 15 is 0 Å². The summed E-state index contributed by atoms with van der Waals surface area (Å²) in [4.78, 5) is 0. The number of anilines is 1. The summed E-state index contributed by atoms with van der Waals surface area (Å²) in [6.45, 7) is 0.997. The number of nitrogens with one attached hydrogen (secondary N) is 1. The normalized spacial score (nSPS) is 10.6. The minimum absolute atomic E-state index is 0.369. The maximum absolute atomic E-state index is 6.35. The molecule has 0 bridgehead atoms. The molecule has 0 radical (unpaired) electrons. The highest BCUT2D eigenvalue weighted by atomic mass is 79.9. The lowest BCUT2D eigenvalue weighted by atomic mass is 10.2. The Morgan fingerprint density at radius 2 is 1.65 bits per heavy atom.